The van der Waals surface area contributed by atoms with Crippen LogP contribution < -0.4 is 0 Å². The second kappa shape index (κ2) is 7.00. The molecule has 1 aromatic rings. The van der Waals surface area contributed by atoms with Crippen molar-refractivity contribution in [2.45, 2.75) is 19.3 Å². The van der Waals surface area contributed by atoms with E-state index in [1.807, 2.05) is 30.3 Å². The van der Waals surface area contributed by atoms with Crippen LogP contribution in [0.4, 0.5) is 0 Å². The van der Waals surface area contributed by atoms with Crippen LogP contribution in [0.1, 0.15) is 18.4 Å². The topological polar surface area (TPSA) is 95.0 Å². The summed E-state index contributed by atoms with van der Waals surface area (Å²) in [6, 6.07) is 9.48. The molecule has 2 aliphatic heterocycles. The van der Waals surface area contributed by atoms with Crippen molar-refractivity contribution in [3.63, 3.8) is 0 Å². The maximum absolute atomic E-state index is 12.7. The summed E-state index contributed by atoms with van der Waals surface area (Å²) in [6.07, 6.45) is 1.85. The molecule has 0 saturated carbocycles. The molecule has 1 amide bonds. The quantitative estimate of drug-likeness (QED) is 0.788. The van der Waals surface area contributed by atoms with Crippen LogP contribution in [0.2, 0.25) is 0 Å². The Hall–Kier alpha value is -1.93. The Kier molecular flexibility index (Phi) is 5.07. The third-order valence-corrected chi connectivity index (χ3v) is 6.80. The van der Waals surface area contributed by atoms with Crippen LogP contribution in [0.5, 0.6) is 0 Å². The molecular formula is C18H24N2O5S. The Morgan fingerprint density at radius 3 is 2.50 bits per heavy atom. The predicted molar refractivity (Wildman–Crippen MR) is 95.9 cm³/mol. The fourth-order valence-electron chi connectivity index (χ4n) is 4.17. The largest absolute Gasteiger partial charge is 0.481 e. The zero-order valence-corrected chi connectivity index (χ0v) is 15.6. The first-order valence-corrected chi connectivity index (χ1v) is 10.5. The summed E-state index contributed by atoms with van der Waals surface area (Å²) in [5.74, 6) is -0.910. The van der Waals surface area contributed by atoms with E-state index in [0.29, 0.717) is 39.0 Å². The normalized spacial score (nSPS) is 26.0. The van der Waals surface area contributed by atoms with Crippen molar-refractivity contribution in [2.24, 2.45) is 11.3 Å². The Labute approximate surface area is 153 Å². The number of carbonyl (C=O) groups excluding carboxylic acids is 1. The molecule has 2 aliphatic rings. The van der Waals surface area contributed by atoms with Crippen LogP contribution in [-0.2, 0) is 26.0 Å². The van der Waals surface area contributed by atoms with Gasteiger partial charge in [0.2, 0.25) is 15.9 Å². The molecule has 3 rings (SSSR count). The second-order valence-corrected chi connectivity index (χ2v) is 9.43. The van der Waals surface area contributed by atoms with E-state index in [1.165, 1.54) is 10.6 Å². The van der Waals surface area contributed by atoms with Gasteiger partial charge in [-0.15, -0.1) is 0 Å². The number of benzene rings is 1. The van der Waals surface area contributed by atoms with Crippen molar-refractivity contribution in [3.05, 3.63) is 35.9 Å². The van der Waals surface area contributed by atoms with Gasteiger partial charge in [0.05, 0.1) is 12.7 Å². The van der Waals surface area contributed by atoms with Crippen LogP contribution in [-0.4, -0.2) is 67.0 Å². The predicted octanol–water partition coefficient (Wildman–Crippen LogP) is 0.814. The third kappa shape index (κ3) is 3.91. The van der Waals surface area contributed by atoms with Gasteiger partial charge in [0, 0.05) is 38.0 Å². The van der Waals surface area contributed by atoms with Crippen molar-refractivity contribution in [1.29, 1.82) is 0 Å². The molecule has 2 unspecified atom stereocenters. The Morgan fingerprint density at radius 1 is 1.19 bits per heavy atom. The lowest BCUT2D eigenvalue weighted by atomic mass is 9.77. The van der Waals surface area contributed by atoms with E-state index < -0.39 is 21.4 Å². The summed E-state index contributed by atoms with van der Waals surface area (Å²) in [4.78, 5) is 25.5. The number of fused-ring (bicyclic) bond motifs is 1. The lowest BCUT2D eigenvalue weighted by Gasteiger charge is -2.28. The number of rotatable bonds is 6. The van der Waals surface area contributed by atoms with Crippen LogP contribution in [0.25, 0.3) is 0 Å². The third-order valence-electron chi connectivity index (χ3n) is 5.58. The molecule has 0 aliphatic carbocycles. The molecule has 0 radical (unpaired) electrons. The van der Waals surface area contributed by atoms with Gasteiger partial charge in [-0.2, -0.15) is 0 Å². The van der Waals surface area contributed by atoms with Gasteiger partial charge in [0.15, 0.2) is 0 Å². The molecular weight excluding hydrogens is 356 g/mol. The average Bonchev–Trinajstić information content (AvgIpc) is 3.08. The number of nitrogens with zero attached hydrogens (tertiary/aromatic N) is 2. The van der Waals surface area contributed by atoms with Crippen LogP contribution >= 0.6 is 0 Å². The van der Waals surface area contributed by atoms with Crippen LogP contribution in [0.15, 0.2) is 30.3 Å². The molecule has 1 aromatic carbocycles. The fourth-order valence-corrected chi connectivity index (χ4v) is 5.11. The van der Waals surface area contributed by atoms with Gasteiger partial charge < -0.3 is 10.0 Å². The number of carboxylic acids is 1. The number of carbonyl (C=O) groups is 2. The Morgan fingerprint density at radius 2 is 1.88 bits per heavy atom. The molecule has 0 bridgehead atoms. The summed E-state index contributed by atoms with van der Waals surface area (Å²) in [7, 11) is -3.33. The molecule has 1 N–H and O–H groups in total. The van der Waals surface area contributed by atoms with Crippen molar-refractivity contribution in [2.75, 3.05) is 32.4 Å². The number of sulfonamides is 1. The molecule has 7 nitrogen and oxygen atoms in total. The van der Waals surface area contributed by atoms with Crippen molar-refractivity contribution < 1.29 is 23.1 Å². The van der Waals surface area contributed by atoms with E-state index in [-0.39, 0.29) is 18.2 Å². The van der Waals surface area contributed by atoms with E-state index in [9.17, 15) is 18.0 Å². The molecule has 8 heteroatoms. The number of hydrogen-bond acceptors (Lipinski definition) is 4. The van der Waals surface area contributed by atoms with Gasteiger partial charge in [0.25, 0.3) is 0 Å². The first-order valence-electron chi connectivity index (χ1n) is 8.68. The summed E-state index contributed by atoms with van der Waals surface area (Å²) >= 11 is 0. The minimum atomic E-state index is -3.33. The molecule has 2 heterocycles. The molecule has 26 heavy (non-hydrogen) atoms. The summed E-state index contributed by atoms with van der Waals surface area (Å²) < 4.78 is 25.3. The van der Waals surface area contributed by atoms with E-state index in [1.54, 1.807) is 4.90 Å². The van der Waals surface area contributed by atoms with E-state index in [2.05, 4.69) is 0 Å². The molecule has 2 saturated heterocycles. The number of carboxylic acid groups (broad SMARTS) is 1. The molecule has 2 fully saturated rings. The van der Waals surface area contributed by atoms with Crippen LogP contribution in [0.3, 0.4) is 0 Å². The van der Waals surface area contributed by atoms with Crippen molar-refractivity contribution in [3.8, 4) is 0 Å². The highest BCUT2D eigenvalue weighted by Crippen LogP contribution is 2.46. The van der Waals surface area contributed by atoms with E-state index in [4.69, 9.17) is 5.11 Å². The van der Waals surface area contributed by atoms with Gasteiger partial charge in [0.1, 0.15) is 0 Å². The SMILES string of the molecule is CS(=O)(=O)N1CC2CN(C(=O)Cc3ccccc3)CC2(CCC(=O)O)C1. The van der Waals surface area contributed by atoms with E-state index >= 15 is 0 Å². The highest BCUT2D eigenvalue weighted by atomic mass is 32.2. The van der Waals surface area contributed by atoms with Gasteiger partial charge in [-0.1, -0.05) is 30.3 Å². The molecule has 142 valence electrons. The highest BCUT2D eigenvalue weighted by molar-refractivity contribution is 7.88. The standard InChI is InChI=1S/C18H24N2O5S/c1-26(24,25)20-11-15-10-19(12-18(15,13-20)8-7-17(22)23)16(21)9-14-5-3-2-4-6-14/h2-6,15H,7-13H2,1H3,(H,22,23). The Bertz CT molecular complexity index is 795. The second-order valence-electron chi connectivity index (χ2n) is 7.45. The monoisotopic (exact) mass is 380 g/mol. The average molecular weight is 380 g/mol. The van der Waals surface area contributed by atoms with Gasteiger partial charge in [-0.25, -0.2) is 12.7 Å². The minimum Gasteiger partial charge on any atom is -0.481 e. The minimum absolute atomic E-state index is 0.00575. The maximum atomic E-state index is 12.7. The van der Waals surface area contributed by atoms with Crippen LogP contribution in [0, 0.1) is 11.3 Å². The van der Waals surface area contributed by atoms with Gasteiger partial charge in [-0.05, 0) is 17.9 Å². The smallest absolute Gasteiger partial charge is 0.303 e. The summed E-state index contributed by atoms with van der Waals surface area (Å²) in [5.41, 5.74) is 0.472. The lowest BCUT2D eigenvalue weighted by Crippen LogP contribution is -2.39. The Balaban J connectivity index is 1.74. The summed E-state index contributed by atoms with van der Waals surface area (Å²) in [6.45, 7) is 1.55. The molecule has 0 spiro atoms. The fraction of sp³-hybridized carbons (Fsp3) is 0.556. The molecule has 0 aromatic heterocycles. The summed E-state index contributed by atoms with van der Waals surface area (Å²) in [5, 5.41) is 9.07. The first-order chi connectivity index (χ1) is 12.2. The zero-order chi connectivity index (χ0) is 18.9. The molecule has 2 atom stereocenters. The van der Waals surface area contributed by atoms with E-state index in [0.717, 1.165) is 5.56 Å². The lowest BCUT2D eigenvalue weighted by molar-refractivity contribution is -0.137. The zero-order valence-electron chi connectivity index (χ0n) is 14.8. The van der Waals surface area contributed by atoms with Gasteiger partial charge in [-0.3, -0.25) is 9.59 Å². The number of amides is 1. The number of aliphatic carboxylic acids is 1. The van der Waals surface area contributed by atoms with Gasteiger partial charge >= 0.3 is 5.97 Å². The number of likely N-dealkylation sites (tertiary alicyclic amines) is 1. The maximum Gasteiger partial charge on any atom is 0.303 e. The highest BCUT2D eigenvalue weighted by Gasteiger charge is 2.54. The first kappa shape index (κ1) is 18.8. The van der Waals surface area contributed by atoms with Crippen molar-refractivity contribution in [1.82, 2.24) is 9.21 Å². The number of hydrogen-bond donors (Lipinski definition) is 1. The van der Waals surface area contributed by atoms with Crippen molar-refractivity contribution >= 4 is 21.9 Å².